The van der Waals surface area contributed by atoms with Crippen LogP contribution in [0.5, 0.6) is 5.75 Å². The number of nitrogens with zero attached hydrogens (tertiary/aromatic N) is 9. The highest BCUT2D eigenvalue weighted by Gasteiger charge is 2.31. The molecule has 1 aliphatic heterocycles. The minimum absolute atomic E-state index is 0.00179. The minimum atomic E-state index is -4.44. The quantitative estimate of drug-likeness (QED) is 0.429. The first kappa shape index (κ1) is 23.7. The number of piperidine rings is 1. The number of rotatable bonds is 6. The highest BCUT2D eigenvalue weighted by molar-refractivity contribution is 5.74. The molecule has 0 unspecified atom stereocenters. The predicted molar refractivity (Wildman–Crippen MR) is 120 cm³/mol. The van der Waals surface area contributed by atoms with Crippen LogP contribution in [0.2, 0.25) is 0 Å². The van der Waals surface area contributed by atoms with Crippen LogP contribution < -0.4 is 10.1 Å². The molecule has 1 N–H and O–H groups in total. The maximum absolute atomic E-state index is 13.0. The summed E-state index contributed by atoms with van der Waals surface area (Å²) in [7, 11) is 0. The fourth-order valence-corrected chi connectivity index (χ4v) is 4.53. The third-order valence-electron chi connectivity index (χ3n) is 6.22. The van der Waals surface area contributed by atoms with Crippen LogP contribution in [0.15, 0.2) is 24.8 Å². The zero-order valence-corrected chi connectivity index (χ0v) is 19.6. The van der Waals surface area contributed by atoms with Crippen molar-refractivity contribution in [3.05, 3.63) is 41.9 Å². The Morgan fingerprint density at radius 3 is 2.78 bits per heavy atom. The molecule has 1 saturated heterocycles. The summed E-state index contributed by atoms with van der Waals surface area (Å²) < 4.78 is 49.4. The molecular weight excluding hydrogens is 477 g/mol. The number of nitriles is 1. The average Bonchev–Trinajstić information content (AvgIpc) is 3.56. The SMILES string of the molecule is Cc1c(-c2cc(O[C@H](C)c3nncn3CC(F)(F)F)c3c(C#N)cnn3c2)nnn1C1CCNCC1. The molecule has 4 aromatic rings. The monoisotopic (exact) mass is 500 g/mol. The van der Waals surface area contributed by atoms with Gasteiger partial charge in [0.05, 0.1) is 17.9 Å². The van der Waals surface area contributed by atoms with Crippen molar-refractivity contribution in [1.82, 2.24) is 44.7 Å². The van der Waals surface area contributed by atoms with Crippen molar-refractivity contribution >= 4 is 5.52 Å². The predicted octanol–water partition coefficient (Wildman–Crippen LogP) is 2.99. The maximum atomic E-state index is 13.0. The Labute approximate surface area is 203 Å². The van der Waals surface area contributed by atoms with Gasteiger partial charge in [0.25, 0.3) is 0 Å². The normalized spacial score (nSPS) is 15.8. The van der Waals surface area contributed by atoms with Crippen LogP contribution in [0.25, 0.3) is 16.8 Å². The van der Waals surface area contributed by atoms with E-state index in [9.17, 15) is 18.4 Å². The van der Waals surface area contributed by atoms with Crippen LogP contribution in [-0.4, -0.2) is 58.6 Å². The lowest BCUT2D eigenvalue weighted by atomic mass is 10.1. The third-order valence-corrected chi connectivity index (χ3v) is 6.22. The van der Waals surface area contributed by atoms with E-state index in [0.717, 1.165) is 42.5 Å². The summed E-state index contributed by atoms with van der Waals surface area (Å²) >= 11 is 0. The molecule has 4 aromatic heterocycles. The third kappa shape index (κ3) is 4.49. The van der Waals surface area contributed by atoms with E-state index in [1.807, 2.05) is 11.6 Å². The molecule has 5 heterocycles. The van der Waals surface area contributed by atoms with Crippen LogP contribution in [0, 0.1) is 18.3 Å². The van der Waals surface area contributed by atoms with Crippen LogP contribution >= 0.6 is 0 Å². The standard InChI is InChI=1S/C22H23F3N10O/c1-13-19(30-32-35(13)17-3-5-27-6-4-17)15-7-18(20-16(8-26)9-29-34(20)10-15)36-14(2)21-31-28-12-33(21)11-22(23,24)25/h7,9-10,12,14,17,27H,3-6,11H2,1-2H3/t14-/m1/s1. The number of hydrogen-bond acceptors (Lipinski definition) is 8. The van der Waals surface area contributed by atoms with E-state index in [1.165, 1.54) is 10.7 Å². The van der Waals surface area contributed by atoms with Crippen LogP contribution in [0.4, 0.5) is 13.2 Å². The van der Waals surface area contributed by atoms with Gasteiger partial charge in [0.15, 0.2) is 11.9 Å². The smallest absolute Gasteiger partial charge is 0.406 e. The van der Waals surface area contributed by atoms with E-state index >= 15 is 0 Å². The lowest BCUT2D eigenvalue weighted by molar-refractivity contribution is -0.141. The topological polar surface area (TPSA) is 124 Å². The fraction of sp³-hybridized carbons (Fsp3) is 0.455. The highest BCUT2D eigenvalue weighted by atomic mass is 19.4. The number of fused-ring (bicyclic) bond motifs is 1. The lowest BCUT2D eigenvalue weighted by Crippen LogP contribution is -2.30. The molecule has 0 radical (unpaired) electrons. The molecule has 1 atom stereocenters. The number of ether oxygens (including phenoxy) is 1. The fourth-order valence-electron chi connectivity index (χ4n) is 4.53. The average molecular weight is 500 g/mol. The van der Waals surface area contributed by atoms with Gasteiger partial charge in [-0.2, -0.15) is 23.5 Å². The molecule has 36 heavy (non-hydrogen) atoms. The first-order valence-electron chi connectivity index (χ1n) is 11.4. The second-order valence-electron chi connectivity index (χ2n) is 8.70. The summed E-state index contributed by atoms with van der Waals surface area (Å²) in [5.74, 6) is 0.258. The largest absolute Gasteiger partial charge is 0.480 e. The Hall–Kier alpha value is -3.99. The van der Waals surface area contributed by atoms with Crippen molar-refractivity contribution in [2.45, 2.75) is 51.6 Å². The summed E-state index contributed by atoms with van der Waals surface area (Å²) in [6.07, 6.45) is 0.681. The number of nitrogens with one attached hydrogen (secondary N) is 1. The molecule has 0 spiro atoms. The molecule has 0 aliphatic carbocycles. The zero-order valence-electron chi connectivity index (χ0n) is 19.6. The summed E-state index contributed by atoms with van der Waals surface area (Å²) in [5.41, 5.74) is 2.79. The van der Waals surface area contributed by atoms with Gasteiger partial charge in [-0.1, -0.05) is 5.21 Å². The highest BCUT2D eigenvalue weighted by Crippen LogP contribution is 2.34. The summed E-state index contributed by atoms with van der Waals surface area (Å²) in [5, 5.41) is 33.4. The Morgan fingerprint density at radius 1 is 1.28 bits per heavy atom. The first-order valence-corrected chi connectivity index (χ1v) is 11.4. The molecule has 0 saturated carbocycles. The Morgan fingerprint density at radius 2 is 2.06 bits per heavy atom. The first-order chi connectivity index (χ1) is 17.2. The van der Waals surface area contributed by atoms with Crippen molar-refractivity contribution in [3.8, 4) is 23.1 Å². The van der Waals surface area contributed by atoms with Gasteiger partial charge in [0.2, 0.25) is 0 Å². The molecule has 188 valence electrons. The Kier molecular flexibility index (Phi) is 6.09. The van der Waals surface area contributed by atoms with Gasteiger partial charge in [-0.05, 0) is 45.8 Å². The maximum Gasteiger partial charge on any atom is 0.406 e. The number of halogens is 3. The van der Waals surface area contributed by atoms with Gasteiger partial charge in [-0.3, -0.25) is 0 Å². The van der Waals surface area contributed by atoms with E-state index in [2.05, 4.69) is 37.0 Å². The molecule has 1 fully saturated rings. The Bertz CT molecular complexity index is 1420. The molecule has 1 aliphatic rings. The molecule has 14 heteroatoms. The van der Waals surface area contributed by atoms with E-state index in [1.54, 1.807) is 19.2 Å². The van der Waals surface area contributed by atoms with Gasteiger partial charge >= 0.3 is 6.18 Å². The van der Waals surface area contributed by atoms with Crippen LogP contribution in [0.1, 0.15) is 49.0 Å². The van der Waals surface area contributed by atoms with E-state index in [0.29, 0.717) is 16.8 Å². The van der Waals surface area contributed by atoms with Crippen molar-refractivity contribution in [1.29, 1.82) is 5.26 Å². The zero-order chi connectivity index (χ0) is 25.4. The number of aromatic nitrogens is 8. The lowest BCUT2D eigenvalue weighted by Gasteiger charge is -2.23. The second-order valence-corrected chi connectivity index (χ2v) is 8.70. The molecule has 0 bridgehead atoms. The van der Waals surface area contributed by atoms with Gasteiger partial charge in [-0.25, -0.2) is 9.20 Å². The second kappa shape index (κ2) is 9.23. The summed E-state index contributed by atoms with van der Waals surface area (Å²) in [6.45, 7) is 4.08. The van der Waals surface area contributed by atoms with Crippen molar-refractivity contribution in [2.24, 2.45) is 0 Å². The van der Waals surface area contributed by atoms with Crippen molar-refractivity contribution < 1.29 is 17.9 Å². The van der Waals surface area contributed by atoms with Gasteiger partial charge in [-0.15, -0.1) is 15.3 Å². The number of pyridine rings is 1. The number of alkyl halides is 3. The van der Waals surface area contributed by atoms with E-state index in [-0.39, 0.29) is 23.2 Å². The number of hydrogen-bond donors (Lipinski definition) is 1. The van der Waals surface area contributed by atoms with Gasteiger partial charge in [0, 0.05) is 11.8 Å². The van der Waals surface area contributed by atoms with E-state index in [4.69, 9.17) is 4.74 Å². The van der Waals surface area contributed by atoms with Gasteiger partial charge < -0.3 is 14.6 Å². The molecule has 0 amide bonds. The molecule has 0 aromatic carbocycles. The molecule has 5 rings (SSSR count). The van der Waals surface area contributed by atoms with Crippen molar-refractivity contribution in [2.75, 3.05) is 13.1 Å². The van der Waals surface area contributed by atoms with E-state index < -0.39 is 18.8 Å². The molecular formula is C22H23F3N10O. The van der Waals surface area contributed by atoms with Crippen LogP contribution in [-0.2, 0) is 6.54 Å². The molecule has 11 nitrogen and oxygen atoms in total. The summed E-state index contributed by atoms with van der Waals surface area (Å²) in [4.78, 5) is 0. The minimum Gasteiger partial charge on any atom is -0.480 e. The van der Waals surface area contributed by atoms with Crippen LogP contribution in [0.3, 0.4) is 0 Å². The summed E-state index contributed by atoms with van der Waals surface area (Å²) in [6, 6.07) is 4.01. The Balaban J connectivity index is 1.53. The van der Waals surface area contributed by atoms with Crippen molar-refractivity contribution in [3.63, 3.8) is 0 Å². The van der Waals surface area contributed by atoms with Gasteiger partial charge in [0.1, 0.15) is 41.5 Å².